The van der Waals surface area contributed by atoms with E-state index in [1.54, 1.807) is 0 Å². The molecule has 3 unspecified atom stereocenters. The SMILES string of the molecule is CCC(C)NC(=O)CCNC(=O)C1CCCCC1(C)N. The van der Waals surface area contributed by atoms with Crippen LogP contribution in [0.15, 0.2) is 0 Å². The Morgan fingerprint density at radius 2 is 2.10 bits per heavy atom. The van der Waals surface area contributed by atoms with Gasteiger partial charge in [0.25, 0.3) is 0 Å². The van der Waals surface area contributed by atoms with Crippen LogP contribution < -0.4 is 16.4 Å². The zero-order valence-corrected chi connectivity index (χ0v) is 13.0. The summed E-state index contributed by atoms with van der Waals surface area (Å²) in [6.07, 6.45) is 5.11. The predicted octanol–water partition coefficient (Wildman–Crippen LogP) is 1.32. The van der Waals surface area contributed by atoms with E-state index < -0.39 is 5.54 Å². The Hall–Kier alpha value is -1.10. The molecule has 0 spiro atoms. The molecule has 0 radical (unpaired) electrons. The van der Waals surface area contributed by atoms with Crippen molar-refractivity contribution < 1.29 is 9.59 Å². The Bertz CT molecular complexity index is 342. The Morgan fingerprint density at radius 1 is 1.40 bits per heavy atom. The second kappa shape index (κ2) is 7.62. The summed E-state index contributed by atoms with van der Waals surface area (Å²) in [5.41, 5.74) is 5.78. The molecule has 116 valence electrons. The van der Waals surface area contributed by atoms with Crippen molar-refractivity contribution in [1.29, 1.82) is 0 Å². The number of rotatable bonds is 6. The third-order valence-corrected chi connectivity index (χ3v) is 4.24. The topological polar surface area (TPSA) is 84.2 Å². The molecule has 3 atom stereocenters. The van der Waals surface area contributed by atoms with Crippen LogP contribution in [0.3, 0.4) is 0 Å². The second-order valence-electron chi connectivity index (χ2n) is 6.22. The molecular weight excluding hydrogens is 254 g/mol. The van der Waals surface area contributed by atoms with E-state index in [-0.39, 0.29) is 23.8 Å². The van der Waals surface area contributed by atoms with Crippen LogP contribution in [0.25, 0.3) is 0 Å². The smallest absolute Gasteiger partial charge is 0.224 e. The minimum Gasteiger partial charge on any atom is -0.355 e. The molecule has 0 aromatic rings. The fourth-order valence-corrected chi connectivity index (χ4v) is 2.66. The van der Waals surface area contributed by atoms with Gasteiger partial charge in [-0.1, -0.05) is 19.8 Å². The first-order chi connectivity index (χ1) is 9.36. The Kier molecular flexibility index (Phi) is 6.46. The molecule has 0 aliphatic heterocycles. The van der Waals surface area contributed by atoms with Gasteiger partial charge in [-0.15, -0.1) is 0 Å². The largest absolute Gasteiger partial charge is 0.355 e. The highest BCUT2D eigenvalue weighted by Gasteiger charge is 2.37. The van der Waals surface area contributed by atoms with E-state index in [1.165, 1.54) is 0 Å². The zero-order chi connectivity index (χ0) is 15.2. The Morgan fingerprint density at radius 3 is 2.70 bits per heavy atom. The lowest BCUT2D eigenvalue weighted by atomic mass is 9.74. The number of carbonyl (C=O) groups is 2. The van der Waals surface area contributed by atoms with Crippen LogP contribution in [0, 0.1) is 5.92 Å². The van der Waals surface area contributed by atoms with Crippen LogP contribution in [0.5, 0.6) is 0 Å². The number of hydrogen-bond acceptors (Lipinski definition) is 3. The lowest BCUT2D eigenvalue weighted by Crippen LogP contribution is -2.53. The van der Waals surface area contributed by atoms with Gasteiger partial charge in [0.05, 0.1) is 5.92 Å². The van der Waals surface area contributed by atoms with Gasteiger partial charge in [0.15, 0.2) is 0 Å². The first-order valence-corrected chi connectivity index (χ1v) is 7.72. The monoisotopic (exact) mass is 283 g/mol. The average molecular weight is 283 g/mol. The third-order valence-electron chi connectivity index (χ3n) is 4.24. The molecule has 1 fully saturated rings. The maximum Gasteiger partial charge on any atom is 0.224 e. The standard InChI is InChI=1S/C15H29N3O2/c1-4-11(2)18-13(19)8-10-17-14(20)12-7-5-6-9-15(12,3)16/h11-12H,4-10,16H2,1-3H3,(H,17,20)(H,18,19). The summed E-state index contributed by atoms with van der Waals surface area (Å²) in [5, 5.41) is 5.73. The van der Waals surface area contributed by atoms with Crippen molar-refractivity contribution in [3.05, 3.63) is 0 Å². The molecule has 20 heavy (non-hydrogen) atoms. The first-order valence-electron chi connectivity index (χ1n) is 7.72. The van der Waals surface area contributed by atoms with Crippen LogP contribution in [0.1, 0.15) is 59.3 Å². The summed E-state index contributed by atoms with van der Waals surface area (Å²) in [4.78, 5) is 23.8. The number of nitrogens with two attached hydrogens (primary N) is 1. The van der Waals surface area contributed by atoms with Crippen LogP contribution in [-0.2, 0) is 9.59 Å². The van der Waals surface area contributed by atoms with Crippen LogP contribution >= 0.6 is 0 Å². The quantitative estimate of drug-likeness (QED) is 0.687. The van der Waals surface area contributed by atoms with E-state index in [2.05, 4.69) is 10.6 Å². The molecule has 1 aliphatic rings. The van der Waals surface area contributed by atoms with Crippen LogP contribution in [0.4, 0.5) is 0 Å². The number of nitrogens with one attached hydrogen (secondary N) is 2. The van der Waals surface area contributed by atoms with Crippen molar-refractivity contribution in [1.82, 2.24) is 10.6 Å². The van der Waals surface area contributed by atoms with Crippen molar-refractivity contribution in [2.75, 3.05) is 6.54 Å². The van der Waals surface area contributed by atoms with Crippen LogP contribution in [-0.4, -0.2) is 29.9 Å². The average Bonchev–Trinajstić information content (AvgIpc) is 2.37. The molecule has 2 amide bonds. The molecule has 1 rings (SSSR count). The highest BCUT2D eigenvalue weighted by Crippen LogP contribution is 2.31. The van der Waals surface area contributed by atoms with Gasteiger partial charge in [-0.05, 0) is 33.1 Å². The normalized spacial score (nSPS) is 27.7. The van der Waals surface area contributed by atoms with Crippen LogP contribution in [0.2, 0.25) is 0 Å². The van der Waals surface area contributed by atoms with E-state index >= 15 is 0 Å². The van der Waals surface area contributed by atoms with Crippen molar-refractivity contribution in [3.63, 3.8) is 0 Å². The molecule has 0 aromatic heterocycles. The molecule has 1 saturated carbocycles. The Balaban J connectivity index is 2.31. The van der Waals surface area contributed by atoms with Crippen molar-refractivity contribution in [2.45, 2.75) is 70.9 Å². The van der Waals surface area contributed by atoms with Crippen molar-refractivity contribution in [2.24, 2.45) is 11.7 Å². The highest BCUT2D eigenvalue weighted by molar-refractivity contribution is 5.81. The summed E-state index contributed by atoms with van der Waals surface area (Å²) in [6, 6.07) is 0.184. The molecule has 5 nitrogen and oxygen atoms in total. The summed E-state index contributed by atoms with van der Waals surface area (Å²) < 4.78 is 0. The molecular formula is C15H29N3O2. The summed E-state index contributed by atoms with van der Waals surface area (Å²) in [7, 11) is 0. The van der Waals surface area contributed by atoms with Gasteiger partial charge in [-0.25, -0.2) is 0 Å². The maximum atomic E-state index is 12.2. The van der Waals surface area contributed by atoms with E-state index in [0.717, 1.165) is 32.1 Å². The van der Waals surface area contributed by atoms with Gasteiger partial charge >= 0.3 is 0 Å². The van der Waals surface area contributed by atoms with Crippen molar-refractivity contribution in [3.8, 4) is 0 Å². The lowest BCUT2D eigenvalue weighted by molar-refractivity contribution is -0.128. The Labute approximate surface area is 122 Å². The van der Waals surface area contributed by atoms with E-state index in [0.29, 0.717) is 13.0 Å². The van der Waals surface area contributed by atoms with Gasteiger partial charge in [0.1, 0.15) is 0 Å². The molecule has 1 aliphatic carbocycles. The third kappa shape index (κ3) is 5.12. The highest BCUT2D eigenvalue weighted by atomic mass is 16.2. The number of hydrogen-bond donors (Lipinski definition) is 3. The molecule has 0 heterocycles. The zero-order valence-electron chi connectivity index (χ0n) is 13.0. The number of carbonyl (C=O) groups excluding carboxylic acids is 2. The first kappa shape index (κ1) is 17.0. The predicted molar refractivity (Wildman–Crippen MR) is 80.1 cm³/mol. The van der Waals surface area contributed by atoms with Gasteiger partial charge in [-0.2, -0.15) is 0 Å². The van der Waals surface area contributed by atoms with Gasteiger partial charge in [0.2, 0.25) is 11.8 Å². The molecule has 0 bridgehead atoms. The maximum absolute atomic E-state index is 12.2. The molecule has 0 aromatic carbocycles. The second-order valence-corrected chi connectivity index (χ2v) is 6.22. The van der Waals surface area contributed by atoms with E-state index in [4.69, 9.17) is 5.73 Å². The number of amides is 2. The molecule has 5 heteroatoms. The lowest BCUT2D eigenvalue weighted by Gasteiger charge is -2.37. The molecule has 0 saturated heterocycles. The summed E-state index contributed by atoms with van der Waals surface area (Å²) >= 11 is 0. The van der Waals surface area contributed by atoms with E-state index in [9.17, 15) is 9.59 Å². The van der Waals surface area contributed by atoms with Gasteiger partial charge in [0, 0.05) is 24.5 Å². The summed E-state index contributed by atoms with van der Waals surface area (Å²) in [6.45, 7) is 6.33. The van der Waals surface area contributed by atoms with Gasteiger partial charge in [-0.3, -0.25) is 9.59 Å². The van der Waals surface area contributed by atoms with Crippen molar-refractivity contribution >= 4 is 11.8 Å². The minimum absolute atomic E-state index is 0.00830. The van der Waals surface area contributed by atoms with E-state index in [1.807, 2.05) is 20.8 Å². The summed E-state index contributed by atoms with van der Waals surface area (Å²) in [5.74, 6) is -0.154. The fraction of sp³-hybridized carbons (Fsp3) is 0.867. The van der Waals surface area contributed by atoms with Gasteiger partial charge < -0.3 is 16.4 Å². The minimum atomic E-state index is -0.415. The molecule has 4 N–H and O–H groups in total. The fourth-order valence-electron chi connectivity index (χ4n) is 2.66.